The van der Waals surface area contributed by atoms with Gasteiger partial charge in [0.25, 0.3) is 5.56 Å². The molecule has 0 N–H and O–H groups in total. The second-order valence-electron chi connectivity index (χ2n) is 7.96. The van der Waals surface area contributed by atoms with Crippen LogP contribution in [0.5, 0.6) is 5.88 Å². The third-order valence-corrected chi connectivity index (χ3v) is 6.00. The molecule has 1 aliphatic carbocycles. The number of ether oxygens (including phenoxy) is 1. The Morgan fingerprint density at radius 2 is 2.00 bits per heavy atom. The summed E-state index contributed by atoms with van der Waals surface area (Å²) in [5.41, 5.74) is 3.15. The molecule has 0 bridgehead atoms. The summed E-state index contributed by atoms with van der Waals surface area (Å²) in [6.45, 7) is 2.33. The maximum absolute atomic E-state index is 12.1. The third-order valence-electron chi connectivity index (χ3n) is 5.70. The molecule has 156 valence electrons. The normalized spacial score (nSPS) is 17.6. The molecule has 4 aromatic rings. The van der Waals surface area contributed by atoms with E-state index in [2.05, 4.69) is 28.2 Å². The van der Waals surface area contributed by atoms with Crippen LogP contribution in [0.25, 0.3) is 22.0 Å². The number of aromatic nitrogens is 4. The molecule has 1 saturated carbocycles. The van der Waals surface area contributed by atoms with Crippen molar-refractivity contribution in [3.05, 3.63) is 81.8 Å². The molecular formula is C24H21ClN4O2. The van der Waals surface area contributed by atoms with Crippen LogP contribution in [0.1, 0.15) is 23.9 Å². The first kappa shape index (κ1) is 19.7. The largest absolute Gasteiger partial charge is 0.477 e. The summed E-state index contributed by atoms with van der Waals surface area (Å²) in [6, 6.07) is 13.9. The number of rotatable bonds is 5. The first-order chi connectivity index (χ1) is 15.0. The quantitative estimate of drug-likeness (QED) is 0.463. The number of fused-ring (bicyclic) bond motifs is 1. The highest BCUT2D eigenvalue weighted by molar-refractivity contribution is 6.33. The zero-order chi connectivity index (χ0) is 21.5. The topological polar surface area (TPSA) is 69.9 Å². The van der Waals surface area contributed by atoms with E-state index in [1.54, 1.807) is 26.4 Å². The van der Waals surface area contributed by atoms with Crippen LogP contribution in [0.4, 0.5) is 0 Å². The molecule has 5 rings (SSSR count). The van der Waals surface area contributed by atoms with E-state index in [1.807, 2.05) is 18.2 Å². The first-order valence-corrected chi connectivity index (χ1v) is 10.6. The Bertz CT molecular complexity index is 1350. The van der Waals surface area contributed by atoms with Crippen molar-refractivity contribution in [1.82, 2.24) is 19.5 Å². The van der Waals surface area contributed by atoms with E-state index in [-0.39, 0.29) is 5.56 Å². The number of halogens is 1. The van der Waals surface area contributed by atoms with Crippen LogP contribution in [0, 0.1) is 12.8 Å². The Labute approximate surface area is 184 Å². The highest BCUT2D eigenvalue weighted by Gasteiger charge is 2.40. The minimum absolute atomic E-state index is 0.157. The van der Waals surface area contributed by atoms with E-state index < -0.39 is 0 Å². The number of benzene rings is 1. The summed E-state index contributed by atoms with van der Waals surface area (Å²) in [5, 5.41) is 1.59. The smallest absolute Gasteiger partial charge is 0.250 e. The number of hydrogen-bond acceptors (Lipinski definition) is 5. The highest BCUT2D eigenvalue weighted by atomic mass is 35.5. The van der Waals surface area contributed by atoms with Crippen LogP contribution in [0.2, 0.25) is 5.02 Å². The minimum Gasteiger partial charge on any atom is -0.477 e. The minimum atomic E-state index is -0.157. The van der Waals surface area contributed by atoms with Crippen LogP contribution in [-0.4, -0.2) is 26.1 Å². The number of nitrogens with zero attached hydrogens (tertiary/aromatic N) is 4. The van der Waals surface area contributed by atoms with Gasteiger partial charge in [-0.15, -0.1) is 0 Å². The molecule has 7 heteroatoms. The lowest BCUT2D eigenvalue weighted by atomic mass is 10.1. The van der Waals surface area contributed by atoms with Gasteiger partial charge in [-0.3, -0.25) is 9.78 Å². The molecule has 0 spiro atoms. The van der Waals surface area contributed by atoms with Crippen molar-refractivity contribution in [2.45, 2.75) is 19.3 Å². The van der Waals surface area contributed by atoms with Crippen LogP contribution in [0.15, 0.2) is 59.7 Å². The maximum atomic E-state index is 12.1. The average Bonchev–Trinajstić information content (AvgIpc) is 3.55. The lowest BCUT2D eigenvalue weighted by Gasteiger charge is -2.12. The van der Waals surface area contributed by atoms with Gasteiger partial charge >= 0.3 is 0 Å². The summed E-state index contributed by atoms with van der Waals surface area (Å²) >= 11 is 6.39. The summed E-state index contributed by atoms with van der Waals surface area (Å²) < 4.78 is 7.55. The van der Waals surface area contributed by atoms with Crippen molar-refractivity contribution in [2.24, 2.45) is 13.0 Å². The van der Waals surface area contributed by atoms with Crippen molar-refractivity contribution in [1.29, 1.82) is 0 Å². The lowest BCUT2D eigenvalue weighted by Crippen LogP contribution is -2.15. The lowest BCUT2D eigenvalue weighted by molar-refractivity contribution is 0.285. The zero-order valence-corrected chi connectivity index (χ0v) is 18.0. The molecule has 2 atom stereocenters. The Morgan fingerprint density at radius 3 is 2.87 bits per heavy atom. The zero-order valence-electron chi connectivity index (χ0n) is 17.2. The van der Waals surface area contributed by atoms with Gasteiger partial charge in [-0.25, -0.2) is 4.98 Å². The average molecular weight is 433 g/mol. The van der Waals surface area contributed by atoms with Crippen molar-refractivity contribution in [3.8, 4) is 17.0 Å². The Morgan fingerprint density at radius 1 is 1.16 bits per heavy atom. The second kappa shape index (κ2) is 7.78. The van der Waals surface area contributed by atoms with E-state index in [1.165, 1.54) is 10.6 Å². The monoisotopic (exact) mass is 432 g/mol. The van der Waals surface area contributed by atoms with Crippen molar-refractivity contribution in [3.63, 3.8) is 0 Å². The fourth-order valence-corrected chi connectivity index (χ4v) is 4.12. The SMILES string of the molecule is Cc1ncc(-c2cc(=O)n(C)cc2Cl)c(OC[C@H]2C[C@@H]2c2ccc3ccccc3n2)n1. The summed E-state index contributed by atoms with van der Waals surface area (Å²) in [7, 11) is 1.66. The van der Waals surface area contributed by atoms with E-state index in [0.717, 1.165) is 23.0 Å². The second-order valence-corrected chi connectivity index (χ2v) is 8.37. The first-order valence-electron chi connectivity index (χ1n) is 10.2. The predicted octanol–water partition coefficient (Wildman–Crippen LogP) is 4.53. The number of para-hydroxylation sites is 1. The molecule has 3 heterocycles. The molecule has 1 fully saturated rings. The van der Waals surface area contributed by atoms with Crippen molar-refractivity contribution >= 4 is 22.5 Å². The molecule has 0 radical (unpaired) electrons. The Kier molecular flexibility index (Phi) is 4.94. The Hall–Kier alpha value is -3.25. The fourth-order valence-electron chi connectivity index (χ4n) is 3.82. The number of hydrogen-bond donors (Lipinski definition) is 0. The number of aryl methyl sites for hydroxylation is 2. The van der Waals surface area contributed by atoms with Crippen LogP contribution in [0.3, 0.4) is 0 Å². The van der Waals surface area contributed by atoms with Crippen molar-refractivity contribution < 1.29 is 4.74 Å². The van der Waals surface area contributed by atoms with E-state index in [0.29, 0.717) is 46.3 Å². The van der Waals surface area contributed by atoms with Crippen LogP contribution >= 0.6 is 11.6 Å². The highest BCUT2D eigenvalue weighted by Crippen LogP contribution is 2.47. The number of pyridine rings is 2. The van der Waals surface area contributed by atoms with Gasteiger partial charge in [-0.05, 0) is 25.5 Å². The van der Waals surface area contributed by atoms with Gasteiger partial charge in [0.1, 0.15) is 5.82 Å². The van der Waals surface area contributed by atoms with Crippen LogP contribution in [-0.2, 0) is 7.05 Å². The van der Waals surface area contributed by atoms with E-state index >= 15 is 0 Å². The molecule has 31 heavy (non-hydrogen) atoms. The summed E-state index contributed by atoms with van der Waals surface area (Å²) in [5.74, 6) is 1.79. The van der Waals surface area contributed by atoms with Crippen molar-refractivity contribution in [2.75, 3.05) is 6.61 Å². The van der Waals surface area contributed by atoms with Gasteiger partial charge in [0.05, 0.1) is 22.7 Å². The van der Waals surface area contributed by atoms with E-state index in [4.69, 9.17) is 21.3 Å². The van der Waals surface area contributed by atoms with Crippen LogP contribution < -0.4 is 10.3 Å². The molecule has 1 aliphatic rings. The molecule has 0 aliphatic heterocycles. The molecule has 0 unspecified atom stereocenters. The molecule has 1 aromatic carbocycles. The summed E-state index contributed by atoms with van der Waals surface area (Å²) in [4.78, 5) is 25.7. The Balaban J connectivity index is 1.36. The standard InChI is InChI=1S/C24H21ClN4O2/c1-14-26-11-19(18-10-23(30)29(2)12-20(18)25)24(27-14)31-13-16-9-17(16)22-8-7-15-5-3-4-6-21(15)28-22/h3-8,10-12,16-17H,9,13H2,1-2H3/t16-,17+/m1/s1. The molecule has 3 aromatic heterocycles. The summed E-state index contributed by atoms with van der Waals surface area (Å²) in [6.07, 6.45) is 4.27. The molecular weight excluding hydrogens is 412 g/mol. The van der Waals surface area contributed by atoms with Gasteiger partial charge in [0.2, 0.25) is 5.88 Å². The van der Waals surface area contributed by atoms with Gasteiger partial charge < -0.3 is 9.30 Å². The van der Waals surface area contributed by atoms with E-state index in [9.17, 15) is 4.79 Å². The van der Waals surface area contributed by atoms with Gasteiger partial charge in [0.15, 0.2) is 0 Å². The maximum Gasteiger partial charge on any atom is 0.250 e. The van der Waals surface area contributed by atoms with Gasteiger partial charge in [0, 0.05) is 54.0 Å². The van der Waals surface area contributed by atoms with Gasteiger partial charge in [-0.2, -0.15) is 4.98 Å². The third kappa shape index (κ3) is 3.91. The molecule has 0 amide bonds. The predicted molar refractivity (Wildman–Crippen MR) is 121 cm³/mol. The van der Waals surface area contributed by atoms with Gasteiger partial charge in [-0.1, -0.05) is 35.9 Å². The molecule has 6 nitrogen and oxygen atoms in total. The fraction of sp³-hybridized carbons (Fsp3) is 0.250. The molecule has 0 saturated heterocycles.